The van der Waals surface area contributed by atoms with E-state index in [9.17, 15) is 0 Å². The zero-order chi connectivity index (χ0) is 43.2. The predicted molar refractivity (Wildman–Crippen MR) is 252 cm³/mol. The second-order valence-electron chi connectivity index (χ2n) is 14.2. The van der Waals surface area contributed by atoms with Crippen molar-refractivity contribution in [2.75, 3.05) is 0 Å². The molecular weight excluding hydrogens is 1070 g/mol. The van der Waals surface area contributed by atoms with Crippen LogP contribution >= 0.6 is 0 Å². The van der Waals surface area contributed by atoms with Crippen LogP contribution in [-0.4, -0.2) is 179 Å². The second kappa shape index (κ2) is 26.6. The molecule has 24 nitrogen and oxygen atoms in total. The molecule has 68 heavy (non-hydrogen) atoms. The van der Waals surface area contributed by atoms with Crippen LogP contribution < -0.4 is 0 Å². The van der Waals surface area contributed by atoms with E-state index in [4.69, 9.17) is 0 Å². The van der Waals surface area contributed by atoms with Crippen LogP contribution in [0.25, 0.3) is 0 Å². The zero-order valence-electron chi connectivity index (χ0n) is 36.2. The third-order valence-electron chi connectivity index (χ3n) is 10.2. The first-order chi connectivity index (χ1) is 31.8. The summed E-state index contributed by atoms with van der Waals surface area (Å²) in [7, 11) is -4.50. The summed E-state index contributed by atoms with van der Waals surface area (Å²) >= 11 is 0. The van der Waals surface area contributed by atoms with Crippen molar-refractivity contribution < 1.29 is 43.4 Å². The van der Waals surface area contributed by atoms with E-state index in [0.717, 1.165) is 0 Å². The van der Waals surface area contributed by atoms with E-state index in [1.807, 2.05) is 202 Å². The third kappa shape index (κ3) is 12.8. The molecular formula is C36H40B4N24Se2Ti2. The van der Waals surface area contributed by atoms with Gasteiger partial charge in [0.05, 0.1) is 0 Å². The third-order valence-corrected chi connectivity index (χ3v) is 10.2. The monoisotopic (exact) mass is 1110 g/mol. The van der Waals surface area contributed by atoms with Crippen LogP contribution in [0, 0.1) is 0 Å². The van der Waals surface area contributed by atoms with E-state index in [-0.39, 0.29) is 77.6 Å². The van der Waals surface area contributed by atoms with E-state index in [0.29, 0.717) is 0 Å². The summed E-state index contributed by atoms with van der Waals surface area (Å²) in [6.07, 6.45) is 44.1. The molecule has 0 bridgehead atoms. The molecule has 0 saturated heterocycles. The molecule has 0 aliphatic rings. The van der Waals surface area contributed by atoms with Gasteiger partial charge >= 0.3 is 71.9 Å². The SMILES string of the molecule is [Se-2].[Se-2].[Ti+4].[Ti+4].c1cnn([BH-](n2cccn2)n2cccn2)c1.c1cnn([BH-](n2cccn2)n2cccn2)c1.c1cnn([BH-](n2cccn2)n2cccn2)c1.c1cnn([BH-](n2cccn2)n2cccn2)c1. The van der Waals surface area contributed by atoms with Crippen molar-refractivity contribution in [2.24, 2.45) is 0 Å². The molecule has 0 N–H and O–H groups in total. The molecule has 0 saturated carbocycles. The number of nitrogens with zero attached hydrogens (tertiary/aromatic N) is 24. The molecule has 32 heteroatoms. The van der Waals surface area contributed by atoms with Gasteiger partial charge in [-0.3, -0.25) is 0 Å². The van der Waals surface area contributed by atoms with Crippen molar-refractivity contribution in [1.29, 1.82) is 0 Å². The van der Waals surface area contributed by atoms with Gasteiger partial charge in [-0.2, -0.15) is 0 Å². The molecule has 0 aliphatic heterocycles. The summed E-state index contributed by atoms with van der Waals surface area (Å²) in [5.74, 6) is 0. The van der Waals surface area contributed by atoms with Crippen LogP contribution in [0.1, 0.15) is 0 Å². The van der Waals surface area contributed by atoms with Crippen molar-refractivity contribution in [2.45, 2.75) is 0 Å². The first-order valence-corrected chi connectivity index (χ1v) is 20.4. The van der Waals surface area contributed by atoms with Gasteiger partial charge in [-0.15, -0.1) is 0 Å². The summed E-state index contributed by atoms with van der Waals surface area (Å²) in [5, 5.41) is 51.1. The van der Waals surface area contributed by atoms with Gasteiger partial charge in [0, 0.05) is 74.4 Å². The molecule has 0 aromatic carbocycles. The van der Waals surface area contributed by atoms with Crippen molar-refractivity contribution >= 4 is 62.6 Å². The van der Waals surface area contributed by atoms with Crippen LogP contribution in [0.4, 0.5) is 0 Å². The molecule has 336 valence electrons. The number of rotatable bonds is 12. The molecule has 12 rings (SSSR count). The Bertz CT molecular complexity index is 2220. The van der Waals surface area contributed by atoms with Gasteiger partial charge in [0.15, 0.2) is 0 Å². The topological polar surface area (TPSA) is 214 Å². The molecule has 12 aromatic heterocycles. The molecule has 0 aliphatic carbocycles. The van der Waals surface area contributed by atoms with Crippen LogP contribution in [-0.2, 0) is 43.4 Å². The first-order valence-electron chi connectivity index (χ1n) is 20.4. The molecule has 0 radical (unpaired) electrons. The van der Waals surface area contributed by atoms with Crippen LogP contribution in [0.3, 0.4) is 0 Å². The largest absolute Gasteiger partial charge is 4.00 e. The molecule has 12 heterocycles. The molecule has 0 amide bonds. The molecule has 0 atom stereocenters. The van der Waals surface area contributed by atoms with Crippen molar-refractivity contribution in [3.05, 3.63) is 222 Å². The molecule has 0 spiro atoms. The van der Waals surface area contributed by atoms with E-state index < -0.39 is 28.5 Å². The number of hydrogen-bond acceptors (Lipinski definition) is 12. The average molecular weight is 1110 g/mol. The Morgan fingerprint density at radius 3 is 0.324 bits per heavy atom. The fourth-order valence-corrected chi connectivity index (χ4v) is 7.39. The Balaban J connectivity index is 0.000000166. The Morgan fingerprint density at radius 2 is 0.265 bits per heavy atom. The zero-order valence-corrected chi connectivity index (χ0v) is 42.7. The maximum absolute atomic E-state index is 4.26. The smallest absolute Gasteiger partial charge is 2.00 e. The van der Waals surface area contributed by atoms with E-state index in [2.05, 4.69) is 61.2 Å². The van der Waals surface area contributed by atoms with Gasteiger partial charge in [-0.05, 0) is 147 Å². The van der Waals surface area contributed by atoms with Gasteiger partial charge in [0.25, 0.3) is 0 Å². The number of hydrogen-bond donors (Lipinski definition) is 0. The Kier molecular flexibility index (Phi) is 20.4. The van der Waals surface area contributed by atoms with Crippen LogP contribution in [0.2, 0.25) is 0 Å². The van der Waals surface area contributed by atoms with Crippen molar-refractivity contribution in [3.8, 4) is 0 Å². The van der Waals surface area contributed by atoms with E-state index in [1.54, 1.807) is 74.4 Å². The minimum Gasteiger partial charge on any atom is -2.00 e. The van der Waals surface area contributed by atoms with E-state index >= 15 is 0 Å². The Labute approximate surface area is 440 Å². The van der Waals surface area contributed by atoms with Gasteiger partial charge in [-0.1, -0.05) is 0 Å². The van der Waals surface area contributed by atoms with Gasteiger partial charge < -0.3 is 89.3 Å². The van der Waals surface area contributed by atoms with Crippen molar-refractivity contribution in [3.63, 3.8) is 0 Å². The average Bonchev–Trinajstić information content (AvgIpc) is 4.17. The predicted octanol–water partition coefficient (Wildman–Crippen LogP) is -1.01. The fourth-order valence-electron chi connectivity index (χ4n) is 7.39. The number of aromatic nitrogens is 24. The molecule has 0 fully saturated rings. The molecule has 12 aromatic rings. The summed E-state index contributed by atoms with van der Waals surface area (Å²) in [5.41, 5.74) is 0. The normalized spacial score (nSPS) is 10.4. The standard InChI is InChI=1S/4C9H10BN6.2Se.2Ti/c4*1-4-11-14(7-1)10(15-8-2-5-12-15)16-9-3-6-13-16;;;;/h4*1-10H;;;;/q4*-1;2*-2;2*+4. The summed E-state index contributed by atoms with van der Waals surface area (Å²) in [6, 6.07) is 22.7. The van der Waals surface area contributed by atoms with Crippen LogP contribution in [0.15, 0.2) is 222 Å². The summed E-state index contributed by atoms with van der Waals surface area (Å²) < 4.78 is 22.5. The van der Waals surface area contributed by atoms with E-state index in [1.165, 1.54) is 0 Å². The minimum atomic E-state index is -1.12. The van der Waals surface area contributed by atoms with Gasteiger partial charge in [0.2, 0.25) is 0 Å². The first kappa shape index (κ1) is 52.2. The van der Waals surface area contributed by atoms with Crippen LogP contribution in [0.5, 0.6) is 0 Å². The fraction of sp³-hybridized carbons (Fsp3) is 0. The molecule has 0 unspecified atom stereocenters. The minimum absolute atomic E-state index is 0. The second-order valence-corrected chi connectivity index (χ2v) is 14.2. The summed E-state index contributed by atoms with van der Waals surface area (Å²) in [4.78, 5) is 0. The van der Waals surface area contributed by atoms with Crippen molar-refractivity contribution in [1.82, 2.24) is 116 Å². The van der Waals surface area contributed by atoms with Gasteiger partial charge in [0.1, 0.15) is 0 Å². The Morgan fingerprint density at radius 1 is 0.176 bits per heavy atom. The quantitative estimate of drug-likeness (QED) is 0.135. The maximum atomic E-state index is 4.26. The Hall–Kier alpha value is -6.75. The maximum Gasteiger partial charge on any atom is 4.00 e. The summed E-state index contributed by atoms with van der Waals surface area (Å²) in [6.45, 7) is 0. The van der Waals surface area contributed by atoms with Gasteiger partial charge in [-0.25, -0.2) is 61.2 Å².